The van der Waals surface area contributed by atoms with Gasteiger partial charge in [0.15, 0.2) is 0 Å². The Balaban J connectivity index is 2.64. The zero-order valence-corrected chi connectivity index (χ0v) is 13.7. The predicted octanol–water partition coefficient (Wildman–Crippen LogP) is 3.07. The van der Waals surface area contributed by atoms with Gasteiger partial charge in [-0.15, -0.1) is 46.2 Å². The summed E-state index contributed by atoms with van der Waals surface area (Å²) in [6.07, 6.45) is 0. The quantitative estimate of drug-likeness (QED) is 0.447. The minimum atomic E-state index is -0.284. The maximum Gasteiger partial charge on any atom is 0.316 e. The summed E-state index contributed by atoms with van der Waals surface area (Å²) in [5.41, 5.74) is 0. The van der Waals surface area contributed by atoms with Crippen molar-refractivity contribution in [3.63, 3.8) is 0 Å². The standard InChI is InChI=1S/C9H10O4S5/c1-12-5(10)3-15-7-8(18-9(14)17-7)16-4-6(11)13-2/h3-4H2,1-2H3. The van der Waals surface area contributed by atoms with Crippen LogP contribution >= 0.6 is 58.4 Å². The maximum absolute atomic E-state index is 11.1. The molecule has 9 heteroatoms. The molecule has 4 nitrogen and oxygen atoms in total. The van der Waals surface area contributed by atoms with E-state index in [9.17, 15) is 9.59 Å². The third-order valence-corrected chi connectivity index (χ3v) is 7.15. The minimum absolute atomic E-state index is 0.240. The zero-order valence-electron chi connectivity index (χ0n) is 9.59. The average molecular weight is 343 g/mol. The van der Waals surface area contributed by atoms with Crippen molar-refractivity contribution in [1.29, 1.82) is 0 Å². The highest BCUT2D eigenvalue weighted by atomic mass is 32.2. The second kappa shape index (κ2) is 8.16. The minimum Gasteiger partial charge on any atom is -0.468 e. The molecule has 1 heterocycles. The molecule has 0 saturated heterocycles. The van der Waals surface area contributed by atoms with Crippen LogP contribution < -0.4 is 0 Å². The third-order valence-electron chi connectivity index (χ3n) is 1.62. The van der Waals surface area contributed by atoms with Crippen LogP contribution in [0.25, 0.3) is 0 Å². The SMILES string of the molecule is COC(=O)CSc1sc(=S)sc1SCC(=O)OC. The lowest BCUT2D eigenvalue weighted by Gasteiger charge is -2.01. The van der Waals surface area contributed by atoms with E-state index in [1.165, 1.54) is 60.4 Å². The Bertz CT molecular complexity index is 437. The van der Waals surface area contributed by atoms with Crippen molar-refractivity contribution in [3.05, 3.63) is 3.14 Å². The summed E-state index contributed by atoms with van der Waals surface area (Å²) in [6.45, 7) is 0. The van der Waals surface area contributed by atoms with Crippen molar-refractivity contribution in [2.45, 2.75) is 8.42 Å². The van der Waals surface area contributed by atoms with Gasteiger partial charge in [-0.05, 0) is 0 Å². The molecular weight excluding hydrogens is 332 g/mol. The van der Waals surface area contributed by atoms with Gasteiger partial charge in [0.2, 0.25) is 0 Å². The summed E-state index contributed by atoms with van der Waals surface area (Å²) in [7, 11) is 2.71. The normalized spacial score (nSPS) is 10.1. The summed E-state index contributed by atoms with van der Waals surface area (Å²) in [5.74, 6) is -0.0873. The first-order chi connectivity index (χ1) is 8.56. The lowest BCUT2D eigenvalue weighted by Crippen LogP contribution is -2.03. The number of carbonyl (C=O) groups is 2. The van der Waals surface area contributed by atoms with Crippen LogP contribution in [-0.4, -0.2) is 37.7 Å². The van der Waals surface area contributed by atoms with E-state index in [2.05, 4.69) is 9.47 Å². The molecule has 0 saturated carbocycles. The van der Waals surface area contributed by atoms with E-state index >= 15 is 0 Å². The van der Waals surface area contributed by atoms with Crippen molar-refractivity contribution in [3.8, 4) is 0 Å². The Kier molecular flexibility index (Phi) is 7.23. The van der Waals surface area contributed by atoms with Gasteiger partial charge in [0.25, 0.3) is 0 Å². The van der Waals surface area contributed by atoms with E-state index in [4.69, 9.17) is 12.2 Å². The topological polar surface area (TPSA) is 52.6 Å². The highest BCUT2D eigenvalue weighted by molar-refractivity contribution is 8.05. The number of rotatable bonds is 6. The fourth-order valence-corrected chi connectivity index (χ4v) is 6.57. The lowest BCUT2D eigenvalue weighted by atomic mass is 10.8. The fraction of sp³-hybridized carbons (Fsp3) is 0.444. The molecule has 18 heavy (non-hydrogen) atoms. The van der Waals surface area contributed by atoms with Gasteiger partial charge in [-0.3, -0.25) is 9.59 Å². The molecule has 0 amide bonds. The molecule has 1 aromatic rings. The van der Waals surface area contributed by atoms with Crippen LogP contribution in [-0.2, 0) is 19.1 Å². The van der Waals surface area contributed by atoms with E-state index < -0.39 is 0 Å². The molecule has 0 aliphatic rings. The fourth-order valence-electron chi connectivity index (χ4n) is 0.799. The van der Waals surface area contributed by atoms with Gasteiger partial charge in [-0.1, -0.05) is 12.2 Å². The lowest BCUT2D eigenvalue weighted by molar-refractivity contribution is -0.138. The first kappa shape index (κ1) is 16.0. The second-order valence-electron chi connectivity index (χ2n) is 2.76. The monoisotopic (exact) mass is 342 g/mol. The molecule has 0 unspecified atom stereocenters. The number of ether oxygens (including phenoxy) is 2. The van der Waals surface area contributed by atoms with E-state index in [1.807, 2.05) is 0 Å². The molecule has 0 aromatic carbocycles. The number of esters is 2. The summed E-state index contributed by atoms with van der Waals surface area (Å²) in [4.78, 5) is 22.1. The maximum atomic E-state index is 11.1. The van der Waals surface area contributed by atoms with Gasteiger partial charge in [0.05, 0.1) is 34.1 Å². The van der Waals surface area contributed by atoms with Crippen LogP contribution in [0.3, 0.4) is 0 Å². The first-order valence-electron chi connectivity index (χ1n) is 4.60. The van der Waals surface area contributed by atoms with Crippen LogP contribution in [0, 0.1) is 3.14 Å². The molecule has 0 spiro atoms. The smallest absolute Gasteiger partial charge is 0.316 e. The third kappa shape index (κ3) is 5.27. The molecule has 0 bridgehead atoms. The van der Waals surface area contributed by atoms with E-state index in [0.29, 0.717) is 0 Å². The van der Waals surface area contributed by atoms with Gasteiger partial charge < -0.3 is 9.47 Å². The molecule has 1 rings (SSSR count). The molecule has 100 valence electrons. The Morgan fingerprint density at radius 1 is 1.06 bits per heavy atom. The molecule has 0 aliphatic carbocycles. The Morgan fingerprint density at radius 2 is 1.44 bits per heavy atom. The van der Waals surface area contributed by atoms with Crippen LogP contribution in [0.15, 0.2) is 8.42 Å². The zero-order chi connectivity index (χ0) is 13.5. The van der Waals surface area contributed by atoms with Gasteiger partial charge in [-0.2, -0.15) is 0 Å². The van der Waals surface area contributed by atoms with Crippen molar-refractivity contribution in [2.75, 3.05) is 25.7 Å². The van der Waals surface area contributed by atoms with Crippen molar-refractivity contribution < 1.29 is 19.1 Å². The number of thioether (sulfide) groups is 2. The highest BCUT2D eigenvalue weighted by Crippen LogP contribution is 2.40. The van der Waals surface area contributed by atoms with E-state index in [0.717, 1.165) is 11.6 Å². The summed E-state index contributed by atoms with van der Waals surface area (Å²) in [5, 5.41) is 0. The Morgan fingerprint density at radius 3 is 1.78 bits per heavy atom. The second-order valence-corrected chi connectivity index (χ2v) is 8.47. The summed E-state index contributed by atoms with van der Waals surface area (Å²) in [6, 6.07) is 0. The van der Waals surface area contributed by atoms with Crippen LogP contribution in [0.1, 0.15) is 0 Å². The number of carbonyl (C=O) groups excluding carboxylic acids is 2. The van der Waals surface area contributed by atoms with Gasteiger partial charge in [-0.25, -0.2) is 0 Å². The van der Waals surface area contributed by atoms with Crippen LogP contribution in [0.2, 0.25) is 0 Å². The predicted molar refractivity (Wildman–Crippen MR) is 78.5 cm³/mol. The van der Waals surface area contributed by atoms with Crippen molar-refractivity contribution >= 4 is 70.4 Å². The van der Waals surface area contributed by atoms with Crippen molar-refractivity contribution in [1.82, 2.24) is 0 Å². The van der Waals surface area contributed by atoms with Crippen LogP contribution in [0.4, 0.5) is 0 Å². The summed E-state index contributed by atoms with van der Waals surface area (Å²) >= 11 is 10.7. The van der Waals surface area contributed by atoms with Gasteiger partial charge in [0.1, 0.15) is 3.14 Å². The Labute approximate surface area is 126 Å². The molecule has 1 aromatic heterocycles. The van der Waals surface area contributed by atoms with Gasteiger partial charge in [0, 0.05) is 0 Å². The number of methoxy groups -OCH3 is 2. The van der Waals surface area contributed by atoms with E-state index in [1.54, 1.807) is 0 Å². The number of hydrogen-bond donors (Lipinski definition) is 0. The van der Waals surface area contributed by atoms with Crippen molar-refractivity contribution in [2.24, 2.45) is 0 Å². The first-order valence-corrected chi connectivity index (χ1v) is 8.61. The molecule has 0 atom stereocenters. The average Bonchev–Trinajstić information content (AvgIpc) is 2.73. The molecule has 0 aliphatic heterocycles. The van der Waals surface area contributed by atoms with Crippen LogP contribution in [0.5, 0.6) is 0 Å². The highest BCUT2D eigenvalue weighted by Gasteiger charge is 2.13. The summed E-state index contributed by atoms with van der Waals surface area (Å²) < 4.78 is 11.8. The Hall–Kier alpha value is -0.0900. The van der Waals surface area contributed by atoms with E-state index in [-0.39, 0.29) is 23.4 Å². The molecule has 0 N–H and O–H groups in total. The largest absolute Gasteiger partial charge is 0.468 e. The number of hydrogen-bond acceptors (Lipinski definition) is 9. The molecule has 0 radical (unpaired) electrons. The molecule has 0 fully saturated rings. The van der Waals surface area contributed by atoms with Gasteiger partial charge >= 0.3 is 11.9 Å². The molecular formula is C9H10O4S5.